The number of methoxy groups -OCH3 is 1. The van der Waals surface area contributed by atoms with Gasteiger partial charge in [-0.3, -0.25) is 9.59 Å². The van der Waals surface area contributed by atoms with Crippen LogP contribution in [0.3, 0.4) is 0 Å². The van der Waals surface area contributed by atoms with E-state index in [1.165, 1.54) is 36.6 Å². The van der Waals surface area contributed by atoms with Crippen molar-refractivity contribution in [2.45, 2.75) is 32.7 Å². The smallest absolute Gasteiger partial charge is 0.337 e. The van der Waals surface area contributed by atoms with Gasteiger partial charge in [-0.2, -0.15) is 4.99 Å². The van der Waals surface area contributed by atoms with Gasteiger partial charge < -0.3 is 14.2 Å². The van der Waals surface area contributed by atoms with Crippen molar-refractivity contribution in [3.8, 4) is 0 Å². The summed E-state index contributed by atoms with van der Waals surface area (Å²) in [6.07, 6.45) is 3.30. The van der Waals surface area contributed by atoms with Crippen molar-refractivity contribution in [2.75, 3.05) is 31.7 Å². The second kappa shape index (κ2) is 10.1. The molecule has 3 rings (SSSR count). The molecule has 156 valence electrons. The summed E-state index contributed by atoms with van der Waals surface area (Å²) in [5, 5.41) is 0. The minimum atomic E-state index is -0.396. The molecule has 0 N–H and O–H groups in total. The van der Waals surface area contributed by atoms with Crippen molar-refractivity contribution in [2.24, 2.45) is 4.99 Å². The lowest BCUT2D eigenvalue weighted by molar-refractivity contribution is -0.129. The zero-order valence-corrected chi connectivity index (χ0v) is 18.3. The van der Waals surface area contributed by atoms with Crippen LogP contribution < -0.4 is 4.80 Å². The van der Waals surface area contributed by atoms with Crippen LogP contribution in [0.25, 0.3) is 10.2 Å². The Hall–Kier alpha value is -2.13. The Balaban J connectivity index is 1.68. The van der Waals surface area contributed by atoms with E-state index in [0.717, 1.165) is 36.1 Å². The van der Waals surface area contributed by atoms with Crippen LogP contribution in [0.1, 0.15) is 36.5 Å². The van der Waals surface area contributed by atoms with Crippen LogP contribution in [0.5, 0.6) is 0 Å². The highest BCUT2D eigenvalue weighted by Crippen LogP contribution is 2.20. The SMILES string of the molecule is CCn1c(=NC(=O)CSCC(=O)N2CCCCC2)sc2cc(C(=O)OC)ccc21. The van der Waals surface area contributed by atoms with Gasteiger partial charge in [0.15, 0.2) is 4.80 Å². The van der Waals surface area contributed by atoms with Crippen LogP contribution in [0.4, 0.5) is 0 Å². The van der Waals surface area contributed by atoms with Gasteiger partial charge in [0.05, 0.1) is 34.4 Å². The van der Waals surface area contributed by atoms with Crippen LogP contribution >= 0.6 is 23.1 Å². The average Bonchev–Trinajstić information content (AvgIpc) is 3.09. The van der Waals surface area contributed by atoms with E-state index >= 15 is 0 Å². The Bertz CT molecular complexity index is 974. The third kappa shape index (κ3) is 5.27. The maximum Gasteiger partial charge on any atom is 0.337 e. The lowest BCUT2D eigenvalue weighted by Gasteiger charge is -2.26. The lowest BCUT2D eigenvalue weighted by Crippen LogP contribution is -2.36. The number of benzene rings is 1. The minimum absolute atomic E-state index is 0.100. The number of piperidine rings is 1. The van der Waals surface area contributed by atoms with E-state index in [1.807, 2.05) is 22.5 Å². The number of fused-ring (bicyclic) bond motifs is 1. The number of carbonyl (C=O) groups is 3. The molecular weight excluding hydrogens is 410 g/mol. The number of rotatable bonds is 6. The first kappa shape index (κ1) is 21.6. The van der Waals surface area contributed by atoms with Gasteiger partial charge in [0, 0.05) is 19.6 Å². The molecule has 0 bridgehead atoms. The average molecular weight is 436 g/mol. The number of nitrogens with zero attached hydrogens (tertiary/aromatic N) is 3. The van der Waals surface area contributed by atoms with Crippen LogP contribution in [-0.2, 0) is 20.9 Å². The molecule has 2 amide bonds. The highest BCUT2D eigenvalue weighted by molar-refractivity contribution is 8.00. The number of likely N-dealkylation sites (tertiary alicyclic amines) is 1. The predicted octanol–water partition coefficient (Wildman–Crippen LogP) is 2.68. The Kier molecular flexibility index (Phi) is 7.49. The van der Waals surface area contributed by atoms with Gasteiger partial charge in [0.2, 0.25) is 5.91 Å². The van der Waals surface area contributed by atoms with Gasteiger partial charge in [-0.25, -0.2) is 4.79 Å². The minimum Gasteiger partial charge on any atom is -0.465 e. The topological polar surface area (TPSA) is 81.0 Å². The van der Waals surface area contributed by atoms with Gasteiger partial charge in [0.25, 0.3) is 5.91 Å². The molecule has 1 aliphatic rings. The van der Waals surface area contributed by atoms with Crippen LogP contribution in [0.2, 0.25) is 0 Å². The summed E-state index contributed by atoms with van der Waals surface area (Å²) in [4.78, 5) is 43.0. The molecule has 0 radical (unpaired) electrons. The number of amides is 2. The molecule has 1 saturated heterocycles. The molecule has 0 aliphatic carbocycles. The molecule has 0 atom stereocenters. The fourth-order valence-corrected chi connectivity index (χ4v) is 5.16. The van der Waals surface area contributed by atoms with E-state index in [-0.39, 0.29) is 17.6 Å². The van der Waals surface area contributed by atoms with Crippen molar-refractivity contribution in [1.82, 2.24) is 9.47 Å². The Morgan fingerprint density at radius 1 is 1.17 bits per heavy atom. The van der Waals surface area contributed by atoms with E-state index in [4.69, 9.17) is 4.74 Å². The number of thioether (sulfide) groups is 1. The summed E-state index contributed by atoms with van der Waals surface area (Å²) in [5.41, 5.74) is 1.39. The molecule has 2 heterocycles. The molecule has 1 aromatic heterocycles. The first-order valence-electron chi connectivity index (χ1n) is 9.68. The second-order valence-corrected chi connectivity index (χ2v) is 8.74. The van der Waals surface area contributed by atoms with Crippen molar-refractivity contribution in [1.29, 1.82) is 0 Å². The standard InChI is InChI=1S/C20H25N3O4S2/c1-3-23-15-8-7-14(19(26)27-2)11-16(15)29-20(23)21-17(24)12-28-13-18(25)22-9-5-4-6-10-22/h7-8,11H,3-6,9-10,12-13H2,1-2H3. The summed E-state index contributed by atoms with van der Waals surface area (Å²) >= 11 is 2.68. The van der Waals surface area contributed by atoms with Crippen molar-refractivity contribution in [3.05, 3.63) is 28.6 Å². The monoisotopic (exact) mass is 435 g/mol. The number of aromatic nitrogens is 1. The van der Waals surface area contributed by atoms with E-state index in [0.29, 0.717) is 22.7 Å². The van der Waals surface area contributed by atoms with Crippen LogP contribution in [0, 0.1) is 0 Å². The number of hydrogen-bond donors (Lipinski definition) is 0. The van der Waals surface area contributed by atoms with Crippen molar-refractivity contribution < 1.29 is 19.1 Å². The number of thiazole rings is 1. The summed E-state index contributed by atoms with van der Waals surface area (Å²) in [5.74, 6) is -0.0751. The van der Waals surface area contributed by atoms with E-state index in [2.05, 4.69) is 4.99 Å². The van der Waals surface area contributed by atoms with Crippen LogP contribution in [-0.4, -0.2) is 59.0 Å². The Morgan fingerprint density at radius 2 is 1.93 bits per heavy atom. The third-order valence-electron chi connectivity index (χ3n) is 4.80. The molecular formula is C20H25N3O4S2. The van der Waals surface area contributed by atoms with Gasteiger partial charge in [-0.1, -0.05) is 11.3 Å². The number of aryl methyl sites for hydroxylation is 1. The zero-order chi connectivity index (χ0) is 20.8. The molecule has 0 spiro atoms. The molecule has 7 nitrogen and oxygen atoms in total. The van der Waals surface area contributed by atoms with Gasteiger partial charge in [-0.05, 0) is 44.4 Å². The molecule has 1 fully saturated rings. The highest BCUT2D eigenvalue weighted by Gasteiger charge is 2.17. The van der Waals surface area contributed by atoms with E-state index in [1.54, 1.807) is 12.1 Å². The van der Waals surface area contributed by atoms with Crippen molar-refractivity contribution >= 4 is 51.1 Å². The van der Waals surface area contributed by atoms with Gasteiger partial charge >= 0.3 is 5.97 Å². The highest BCUT2D eigenvalue weighted by atomic mass is 32.2. The Morgan fingerprint density at radius 3 is 2.62 bits per heavy atom. The summed E-state index contributed by atoms with van der Waals surface area (Å²) < 4.78 is 7.58. The third-order valence-corrected chi connectivity index (χ3v) is 6.74. The van der Waals surface area contributed by atoms with Crippen LogP contribution in [0.15, 0.2) is 23.2 Å². The fourth-order valence-electron chi connectivity index (χ4n) is 3.31. The summed E-state index contributed by atoms with van der Waals surface area (Å²) in [7, 11) is 1.35. The number of esters is 1. The number of ether oxygens (including phenoxy) is 1. The summed E-state index contributed by atoms with van der Waals surface area (Å²) in [6.45, 7) is 4.29. The van der Waals surface area contributed by atoms with E-state index < -0.39 is 5.97 Å². The summed E-state index contributed by atoms with van der Waals surface area (Å²) in [6, 6.07) is 5.31. The largest absolute Gasteiger partial charge is 0.465 e. The maximum absolute atomic E-state index is 12.3. The molecule has 1 aliphatic heterocycles. The molecule has 2 aromatic rings. The molecule has 1 aromatic carbocycles. The first-order valence-corrected chi connectivity index (χ1v) is 11.7. The van der Waals surface area contributed by atoms with Gasteiger partial charge in [-0.15, -0.1) is 11.8 Å². The normalized spacial score (nSPS) is 15.0. The fraction of sp³-hybridized carbons (Fsp3) is 0.500. The molecule has 0 saturated carbocycles. The predicted molar refractivity (Wildman–Crippen MR) is 115 cm³/mol. The van der Waals surface area contributed by atoms with Crippen molar-refractivity contribution in [3.63, 3.8) is 0 Å². The second-order valence-electron chi connectivity index (χ2n) is 6.74. The molecule has 0 unspecified atom stereocenters. The molecule has 29 heavy (non-hydrogen) atoms. The first-order chi connectivity index (χ1) is 14.0. The van der Waals surface area contributed by atoms with E-state index in [9.17, 15) is 14.4 Å². The maximum atomic E-state index is 12.3. The quantitative estimate of drug-likeness (QED) is 0.652. The van der Waals surface area contributed by atoms with Gasteiger partial charge in [0.1, 0.15) is 0 Å². The molecule has 9 heteroatoms. The number of carbonyl (C=O) groups excluding carboxylic acids is 3. The lowest BCUT2D eigenvalue weighted by atomic mass is 10.1. The Labute approximate surface area is 177 Å². The zero-order valence-electron chi connectivity index (χ0n) is 16.7. The number of hydrogen-bond acceptors (Lipinski definition) is 6.